The Hall–Kier alpha value is -1.97. The van der Waals surface area contributed by atoms with E-state index in [2.05, 4.69) is 46.8 Å². The van der Waals surface area contributed by atoms with E-state index >= 15 is 0 Å². The Balaban J connectivity index is 1.70. The van der Waals surface area contributed by atoms with Gasteiger partial charge in [-0.25, -0.2) is 0 Å². The molecule has 0 radical (unpaired) electrons. The fourth-order valence-electron chi connectivity index (χ4n) is 5.30. The third-order valence-electron chi connectivity index (χ3n) is 7.08. The number of piperidine rings is 1. The summed E-state index contributed by atoms with van der Waals surface area (Å²) in [5.74, 6) is 1.65. The molecular weight excluding hydrogens is 362 g/mol. The van der Waals surface area contributed by atoms with Gasteiger partial charge in [0.1, 0.15) is 17.1 Å². The highest BCUT2D eigenvalue weighted by atomic mass is 16.5. The van der Waals surface area contributed by atoms with E-state index in [1.807, 2.05) is 11.0 Å². The first kappa shape index (κ1) is 20.3. The van der Waals surface area contributed by atoms with E-state index in [4.69, 9.17) is 4.74 Å². The smallest absolute Gasteiger partial charge is 0.249 e. The van der Waals surface area contributed by atoms with Gasteiger partial charge < -0.3 is 14.7 Å². The maximum atomic E-state index is 13.1. The summed E-state index contributed by atoms with van der Waals surface area (Å²) in [5.41, 5.74) is 2.46. The number of hydrogen-bond acceptors (Lipinski definition) is 3. The maximum Gasteiger partial charge on any atom is 0.249 e. The van der Waals surface area contributed by atoms with E-state index in [1.165, 1.54) is 6.42 Å². The molecule has 1 aromatic carbocycles. The number of carbonyl (C=O) groups excluding carboxylic acids is 1. The highest BCUT2D eigenvalue weighted by molar-refractivity contribution is 5.94. The van der Waals surface area contributed by atoms with Gasteiger partial charge in [0.2, 0.25) is 5.91 Å². The third-order valence-corrected chi connectivity index (χ3v) is 7.08. The van der Waals surface area contributed by atoms with Crippen LogP contribution in [-0.4, -0.2) is 34.6 Å². The molecule has 2 atom stereocenters. The highest BCUT2D eigenvalue weighted by Crippen LogP contribution is 2.55. The van der Waals surface area contributed by atoms with Crippen LogP contribution in [0.5, 0.6) is 11.5 Å². The van der Waals surface area contributed by atoms with Crippen molar-refractivity contribution in [3.05, 3.63) is 34.9 Å². The number of carbonyl (C=O) groups is 1. The molecule has 4 rings (SSSR count). The molecule has 2 unspecified atom stereocenters. The van der Waals surface area contributed by atoms with Crippen molar-refractivity contribution in [3.8, 4) is 11.5 Å². The molecule has 0 aromatic heterocycles. The number of fused-ring (bicyclic) bond motifs is 3. The second-order valence-corrected chi connectivity index (χ2v) is 10.6. The Labute approximate surface area is 174 Å². The van der Waals surface area contributed by atoms with Gasteiger partial charge in [0, 0.05) is 36.1 Å². The van der Waals surface area contributed by atoms with Gasteiger partial charge in [-0.3, -0.25) is 4.79 Å². The third kappa shape index (κ3) is 3.67. The quantitative estimate of drug-likeness (QED) is 0.700. The Kier molecular flexibility index (Phi) is 4.95. The molecule has 2 aliphatic heterocycles. The molecule has 1 fully saturated rings. The Bertz CT molecular complexity index is 840. The van der Waals surface area contributed by atoms with Gasteiger partial charge in [-0.05, 0) is 69.1 Å². The van der Waals surface area contributed by atoms with Crippen molar-refractivity contribution in [2.24, 2.45) is 5.92 Å². The van der Waals surface area contributed by atoms with E-state index in [1.54, 1.807) is 0 Å². The summed E-state index contributed by atoms with van der Waals surface area (Å²) < 4.78 is 6.43. The molecule has 0 bridgehead atoms. The minimum atomic E-state index is -0.336. The summed E-state index contributed by atoms with van der Waals surface area (Å²) in [6.45, 7) is 12.4. The fraction of sp³-hybridized carbons (Fsp3) is 0.640. The Morgan fingerprint density at radius 2 is 1.86 bits per heavy atom. The first-order valence-corrected chi connectivity index (χ1v) is 11.1. The molecule has 4 heteroatoms. The first-order chi connectivity index (χ1) is 13.6. The van der Waals surface area contributed by atoms with Gasteiger partial charge in [-0.2, -0.15) is 0 Å². The van der Waals surface area contributed by atoms with Crippen LogP contribution < -0.4 is 4.74 Å². The number of likely N-dealkylation sites (tertiary alicyclic amines) is 1. The van der Waals surface area contributed by atoms with E-state index in [0.717, 1.165) is 54.8 Å². The molecular formula is C25H35NO3. The van der Waals surface area contributed by atoms with E-state index in [9.17, 15) is 9.90 Å². The van der Waals surface area contributed by atoms with E-state index < -0.39 is 0 Å². The molecule has 1 aliphatic carbocycles. The van der Waals surface area contributed by atoms with Crippen molar-refractivity contribution in [3.63, 3.8) is 0 Å². The van der Waals surface area contributed by atoms with Crippen LogP contribution in [0.25, 0.3) is 0 Å². The van der Waals surface area contributed by atoms with Crippen LogP contribution in [0.1, 0.15) is 83.8 Å². The van der Waals surface area contributed by atoms with Crippen molar-refractivity contribution >= 4 is 5.91 Å². The molecule has 0 saturated carbocycles. The molecule has 1 saturated heterocycles. The van der Waals surface area contributed by atoms with Crippen LogP contribution in [0.3, 0.4) is 0 Å². The van der Waals surface area contributed by atoms with E-state index in [-0.39, 0.29) is 28.8 Å². The number of phenols is 1. The summed E-state index contributed by atoms with van der Waals surface area (Å²) >= 11 is 0. The van der Waals surface area contributed by atoms with E-state index in [0.29, 0.717) is 12.2 Å². The van der Waals surface area contributed by atoms with Gasteiger partial charge in [-0.1, -0.05) is 26.8 Å². The van der Waals surface area contributed by atoms with Crippen molar-refractivity contribution in [2.45, 2.75) is 83.7 Å². The topological polar surface area (TPSA) is 49.8 Å². The lowest BCUT2D eigenvalue weighted by Crippen LogP contribution is -2.46. The van der Waals surface area contributed by atoms with Crippen LogP contribution in [-0.2, 0) is 10.2 Å². The van der Waals surface area contributed by atoms with Crippen molar-refractivity contribution in [2.75, 3.05) is 13.1 Å². The number of hydrogen-bond donors (Lipinski definition) is 1. The second kappa shape index (κ2) is 7.07. The minimum absolute atomic E-state index is 0.0707. The lowest BCUT2D eigenvalue weighted by Gasteiger charge is -2.47. The molecule has 29 heavy (non-hydrogen) atoms. The lowest BCUT2D eigenvalue weighted by molar-refractivity contribution is -0.128. The van der Waals surface area contributed by atoms with Crippen molar-refractivity contribution in [1.82, 2.24) is 4.90 Å². The molecule has 2 heterocycles. The van der Waals surface area contributed by atoms with Crippen LogP contribution in [0.2, 0.25) is 0 Å². The molecule has 1 amide bonds. The van der Waals surface area contributed by atoms with Crippen LogP contribution in [0.15, 0.2) is 23.8 Å². The Morgan fingerprint density at radius 3 is 2.52 bits per heavy atom. The van der Waals surface area contributed by atoms with Gasteiger partial charge in [-0.15, -0.1) is 0 Å². The van der Waals surface area contributed by atoms with Crippen LogP contribution in [0, 0.1) is 5.92 Å². The zero-order chi connectivity index (χ0) is 21.0. The van der Waals surface area contributed by atoms with Gasteiger partial charge >= 0.3 is 0 Å². The number of benzene rings is 1. The summed E-state index contributed by atoms with van der Waals surface area (Å²) in [6, 6.07) is 3.99. The zero-order valence-corrected chi connectivity index (χ0v) is 18.5. The highest BCUT2D eigenvalue weighted by Gasteiger charge is 2.47. The molecule has 3 aliphatic rings. The monoisotopic (exact) mass is 397 g/mol. The number of phenolic OH excluding ortho intramolecular Hbond substituents is 1. The SMILES string of the molecule is CC(C)(C)c1cc(O)c2c(c1)OC(C)(C)C1CC=C(C(=O)N3CCCCC3)CC21. The summed E-state index contributed by atoms with van der Waals surface area (Å²) in [6.07, 6.45) is 7.05. The number of allylic oxidation sites excluding steroid dienone is 1. The van der Waals surface area contributed by atoms with Crippen molar-refractivity contribution in [1.29, 1.82) is 0 Å². The average molecular weight is 398 g/mol. The normalized spacial score (nSPS) is 26.1. The average Bonchev–Trinajstić information content (AvgIpc) is 2.66. The number of aromatic hydroxyl groups is 1. The molecule has 0 spiro atoms. The minimum Gasteiger partial charge on any atom is -0.508 e. The van der Waals surface area contributed by atoms with Gasteiger partial charge in [0.05, 0.1) is 0 Å². The molecule has 158 valence electrons. The molecule has 1 aromatic rings. The number of nitrogens with zero attached hydrogens (tertiary/aromatic N) is 1. The number of rotatable bonds is 1. The lowest BCUT2D eigenvalue weighted by atomic mass is 9.66. The molecule has 4 nitrogen and oxygen atoms in total. The summed E-state index contributed by atoms with van der Waals surface area (Å²) in [4.78, 5) is 15.2. The fourth-order valence-corrected chi connectivity index (χ4v) is 5.30. The largest absolute Gasteiger partial charge is 0.508 e. The molecule has 1 N–H and O–H groups in total. The number of ether oxygens (including phenoxy) is 1. The van der Waals surface area contributed by atoms with Gasteiger partial charge in [0.15, 0.2) is 0 Å². The predicted octanol–water partition coefficient (Wildman–Crippen LogP) is 5.29. The summed E-state index contributed by atoms with van der Waals surface area (Å²) in [5, 5.41) is 11.0. The van der Waals surface area contributed by atoms with Crippen LogP contribution >= 0.6 is 0 Å². The first-order valence-electron chi connectivity index (χ1n) is 11.1. The van der Waals surface area contributed by atoms with Crippen molar-refractivity contribution < 1.29 is 14.6 Å². The predicted molar refractivity (Wildman–Crippen MR) is 115 cm³/mol. The standard InChI is InChI=1S/C25H35NO3/c1-24(2,3)17-14-20(27)22-18-13-16(23(28)26-11-7-6-8-12-26)9-10-19(18)25(4,5)29-21(22)15-17/h9,14-15,18-19,27H,6-8,10-13H2,1-5H3. The number of amides is 1. The maximum absolute atomic E-state index is 13.1. The zero-order valence-electron chi connectivity index (χ0n) is 18.5. The van der Waals surface area contributed by atoms with Gasteiger partial charge in [0.25, 0.3) is 0 Å². The Morgan fingerprint density at radius 1 is 1.17 bits per heavy atom. The summed E-state index contributed by atoms with van der Waals surface area (Å²) in [7, 11) is 0. The second-order valence-electron chi connectivity index (χ2n) is 10.6. The van der Waals surface area contributed by atoms with Crippen LogP contribution in [0.4, 0.5) is 0 Å².